The summed E-state index contributed by atoms with van der Waals surface area (Å²) in [5.41, 5.74) is 2.76. The lowest BCUT2D eigenvalue weighted by Gasteiger charge is -2.17. The van der Waals surface area contributed by atoms with Gasteiger partial charge in [0.1, 0.15) is 0 Å². The monoisotopic (exact) mass is 219 g/mol. The summed E-state index contributed by atoms with van der Waals surface area (Å²) in [6.07, 6.45) is 7.44. The van der Waals surface area contributed by atoms with Crippen molar-refractivity contribution >= 4 is 0 Å². The van der Waals surface area contributed by atoms with Crippen LogP contribution in [0.1, 0.15) is 37.6 Å². The van der Waals surface area contributed by atoms with E-state index >= 15 is 0 Å². The Bertz CT molecular complexity index is 369. The standard InChI is InChI=1S/C13H21N3/c1-10-2-3-11(6-10)8-16-9-15-12-7-14-5-4-13(12)16/h9-11,14H,2-8H2,1H3. The fraction of sp³-hybridized carbons (Fsp3) is 0.769. The van der Waals surface area contributed by atoms with Crippen LogP contribution in [0.3, 0.4) is 0 Å². The van der Waals surface area contributed by atoms with E-state index in [1.54, 1.807) is 0 Å². The molecule has 0 saturated heterocycles. The topological polar surface area (TPSA) is 29.9 Å². The minimum atomic E-state index is 0.892. The first kappa shape index (κ1) is 10.3. The van der Waals surface area contributed by atoms with Crippen LogP contribution < -0.4 is 5.32 Å². The van der Waals surface area contributed by atoms with Crippen molar-refractivity contribution < 1.29 is 0 Å². The van der Waals surface area contributed by atoms with E-state index in [0.29, 0.717) is 0 Å². The zero-order chi connectivity index (χ0) is 11.0. The third-order valence-electron chi connectivity index (χ3n) is 4.12. The summed E-state index contributed by atoms with van der Waals surface area (Å²) in [5.74, 6) is 1.83. The summed E-state index contributed by atoms with van der Waals surface area (Å²) in [6.45, 7) is 5.66. The van der Waals surface area contributed by atoms with Crippen molar-refractivity contribution in [2.45, 2.75) is 45.7 Å². The Morgan fingerprint density at radius 2 is 2.44 bits per heavy atom. The number of imidazole rings is 1. The maximum Gasteiger partial charge on any atom is 0.0952 e. The lowest BCUT2D eigenvalue weighted by Crippen LogP contribution is -2.25. The van der Waals surface area contributed by atoms with Crippen molar-refractivity contribution in [3.8, 4) is 0 Å². The van der Waals surface area contributed by atoms with Crippen LogP contribution in [0.4, 0.5) is 0 Å². The van der Waals surface area contributed by atoms with E-state index < -0.39 is 0 Å². The first-order valence-corrected chi connectivity index (χ1v) is 6.56. The molecule has 3 heteroatoms. The molecule has 88 valence electrons. The molecule has 3 nitrogen and oxygen atoms in total. The fourth-order valence-corrected chi connectivity index (χ4v) is 3.22. The second kappa shape index (κ2) is 4.21. The lowest BCUT2D eigenvalue weighted by atomic mass is 10.1. The highest BCUT2D eigenvalue weighted by Gasteiger charge is 2.23. The van der Waals surface area contributed by atoms with Crippen LogP contribution in [-0.2, 0) is 19.5 Å². The van der Waals surface area contributed by atoms with Crippen molar-refractivity contribution in [1.29, 1.82) is 0 Å². The SMILES string of the molecule is CC1CCC(Cn2cnc3c2CCNC3)C1. The molecule has 1 N–H and O–H groups in total. The molecule has 0 bridgehead atoms. The molecule has 1 aromatic heterocycles. The number of nitrogens with zero attached hydrogens (tertiary/aromatic N) is 2. The van der Waals surface area contributed by atoms with Gasteiger partial charge in [-0.05, 0) is 24.7 Å². The van der Waals surface area contributed by atoms with Crippen molar-refractivity contribution in [1.82, 2.24) is 14.9 Å². The Hall–Kier alpha value is -0.830. The molecule has 1 fully saturated rings. The van der Waals surface area contributed by atoms with Gasteiger partial charge in [0.25, 0.3) is 0 Å². The minimum Gasteiger partial charge on any atom is -0.334 e. The van der Waals surface area contributed by atoms with E-state index in [9.17, 15) is 0 Å². The zero-order valence-corrected chi connectivity index (χ0v) is 10.1. The average molecular weight is 219 g/mol. The quantitative estimate of drug-likeness (QED) is 0.824. The summed E-state index contributed by atoms with van der Waals surface area (Å²) in [4.78, 5) is 4.52. The molecule has 3 rings (SSSR count). The van der Waals surface area contributed by atoms with Gasteiger partial charge in [-0.15, -0.1) is 0 Å². The molecule has 1 saturated carbocycles. The third kappa shape index (κ3) is 1.88. The lowest BCUT2D eigenvalue weighted by molar-refractivity contribution is 0.429. The number of hydrogen-bond acceptors (Lipinski definition) is 2. The minimum absolute atomic E-state index is 0.892. The summed E-state index contributed by atoms with van der Waals surface area (Å²) >= 11 is 0. The molecule has 1 aliphatic carbocycles. The molecule has 0 aromatic carbocycles. The van der Waals surface area contributed by atoms with E-state index in [1.165, 1.54) is 37.2 Å². The van der Waals surface area contributed by atoms with E-state index in [4.69, 9.17) is 0 Å². The van der Waals surface area contributed by atoms with Crippen LogP contribution in [-0.4, -0.2) is 16.1 Å². The van der Waals surface area contributed by atoms with E-state index in [0.717, 1.165) is 31.3 Å². The molecule has 0 amide bonds. The maximum atomic E-state index is 4.52. The van der Waals surface area contributed by atoms with Gasteiger partial charge in [0, 0.05) is 31.7 Å². The molecule has 1 aliphatic heterocycles. The van der Waals surface area contributed by atoms with Gasteiger partial charge >= 0.3 is 0 Å². The molecular formula is C13H21N3. The van der Waals surface area contributed by atoms with Crippen LogP contribution in [0.15, 0.2) is 6.33 Å². The van der Waals surface area contributed by atoms with Crippen LogP contribution in [0.25, 0.3) is 0 Å². The molecule has 0 spiro atoms. The predicted molar refractivity (Wildman–Crippen MR) is 64.1 cm³/mol. The van der Waals surface area contributed by atoms with Gasteiger partial charge < -0.3 is 9.88 Å². The zero-order valence-electron chi connectivity index (χ0n) is 10.1. The molecule has 2 unspecified atom stereocenters. The Labute approximate surface area is 97.3 Å². The van der Waals surface area contributed by atoms with Crippen LogP contribution >= 0.6 is 0 Å². The number of fused-ring (bicyclic) bond motifs is 1. The largest absolute Gasteiger partial charge is 0.334 e. The Kier molecular flexibility index (Phi) is 2.72. The first-order chi connectivity index (χ1) is 7.83. The Morgan fingerprint density at radius 3 is 3.25 bits per heavy atom. The normalized spacial score (nSPS) is 29.3. The molecule has 0 radical (unpaired) electrons. The highest BCUT2D eigenvalue weighted by atomic mass is 15.1. The first-order valence-electron chi connectivity index (χ1n) is 6.56. The maximum absolute atomic E-state index is 4.52. The smallest absolute Gasteiger partial charge is 0.0952 e. The van der Waals surface area contributed by atoms with Crippen molar-refractivity contribution in [2.24, 2.45) is 11.8 Å². The van der Waals surface area contributed by atoms with Crippen LogP contribution in [0, 0.1) is 11.8 Å². The van der Waals surface area contributed by atoms with Gasteiger partial charge in [0.15, 0.2) is 0 Å². The third-order valence-corrected chi connectivity index (χ3v) is 4.12. The summed E-state index contributed by atoms with van der Waals surface area (Å²) < 4.78 is 2.42. The van der Waals surface area contributed by atoms with Gasteiger partial charge in [-0.3, -0.25) is 0 Å². The molecule has 16 heavy (non-hydrogen) atoms. The molecular weight excluding hydrogens is 198 g/mol. The number of hydrogen-bond donors (Lipinski definition) is 1. The van der Waals surface area contributed by atoms with Crippen molar-refractivity contribution in [3.05, 3.63) is 17.7 Å². The molecule has 2 heterocycles. The summed E-state index contributed by atoms with van der Waals surface area (Å²) in [5, 5.41) is 3.38. The fourth-order valence-electron chi connectivity index (χ4n) is 3.22. The number of nitrogens with one attached hydrogen (secondary N) is 1. The summed E-state index contributed by atoms with van der Waals surface area (Å²) in [7, 11) is 0. The van der Waals surface area contributed by atoms with Gasteiger partial charge in [0.2, 0.25) is 0 Å². The highest BCUT2D eigenvalue weighted by molar-refractivity contribution is 5.16. The second-order valence-electron chi connectivity index (χ2n) is 5.50. The van der Waals surface area contributed by atoms with Crippen LogP contribution in [0.5, 0.6) is 0 Å². The van der Waals surface area contributed by atoms with Gasteiger partial charge in [-0.2, -0.15) is 0 Å². The van der Waals surface area contributed by atoms with Crippen molar-refractivity contribution in [3.63, 3.8) is 0 Å². The van der Waals surface area contributed by atoms with E-state index in [-0.39, 0.29) is 0 Å². The predicted octanol–water partition coefficient (Wildman–Crippen LogP) is 1.96. The second-order valence-corrected chi connectivity index (χ2v) is 5.50. The molecule has 2 aliphatic rings. The summed E-state index contributed by atoms with van der Waals surface area (Å²) in [6, 6.07) is 0. The number of rotatable bonds is 2. The van der Waals surface area contributed by atoms with Gasteiger partial charge in [-0.1, -0.05) is 13.3 Å². The van der Waals surface area contributed by atoms with Crippen molar-refractivity contribution in [2.75, 3.05) is 6.54 Å². The van der Waals surface area contributed by atoms with Crippen LogP contribution in [0.2, 0.25) is 0 Å². The number of aromatic nitrogens is 2. The van der Waals surface area contributed by atoms with E-state index in [2.05, 4.69) is 28.1 Å². The van der Waals surface area contributed by atoms with Gasteiger partial charge in [0.05, 0.1) is 12.0 Å². The molecule has 2 atom stereocenters. The Balaban J connectivity index is 1.72. The average Bonchev–Trinajstić information content (AvgIpc) is 2.87. The van der Waals surface area contributed by atoms with E-state index in [1.807, 2.05) is 0 Å². The Morgan fingerprint density at radius 1 is 1.50 bits per heavy atom. The molecule has 1 aromatic rings. The van der Waals surface area contributed by atoms with Gasteiger partial charge in [-0.25, -0.2) is 4.98 Å². The highest BCUT2D eigenvalue weighted by Crippen LogP contribution is 2.32.